The SMILES string of the molecule is O=C1CC[N]CCCN1. The summed E-state index contributed by atoms with van der Waals surface area (Å²) in [6, 6.07) is 0. The van der Waals surface area contributed by atoms with Crippen LogP contribution < -0.4 is 10.6 Å². The molecule has 0 aromatic heterocycles. The summed E-state index contributed by atoms with van der Waals surface area (Å²) in [7, 11) is 0. The highest BCUT2D eigenvalue weighted by Gasteiger charge is 2.02. The summed E-state index contributed by atoms with van der Waals surface area (Å²) in [5.41, 5.74) is 0. The summed E-state index contributed by atoms with van der Waals surface area (Å²) >= 11 is 0. The quantitative estimate of drug-likeness (QED) is 0.468. The van der Waals surface area contributed by atoms with Gasteiger partial charge in [-0.3, -0.25) is 4.79 Å². The molecule has 1 rings (SSSR count). The minimum absolute atomic E-state index is 0.137. The topological polar surface area (TPSA) is 43.2 Å². The van der Waals surface area contributed by atoms with Crippen LogP contribution in [0.1, 0.15) is 12.8 Å². The van der Waals surface area contributed by atoms with Crippen LogP contribution in [0.4, 0.5) is 0 Å². The lowest BCUT2D eigenvalue weighted by molar-refractivity contribution is -0.121. The molecule has 0 aromatic carbocycles. The third-order valence-electron chi connectivity index (χ3n) is 1.31. The van der Waals surface area contributed by atoms with Gasteiger partial charge in [-0.25, -0.2) is 5.32 Å². The van der Waals surface area contributed by atoms with E-state index in [9.17, 15) is 4.79 Å². The number of nitrogens with zero attached hydrogens (tertiary/aromatic N) is 1. The third-order valence-corrected chi connectivity index (χ3v) is 1.31. The maximum Gasteiger partial charge on any atom is 0.221 e. The fraction of sp³-hybridized carbons (Fsp3) is 0.833. The van der Waals surface area contributed by atoms with Gasteiger partial charge in [0.25, 0.3) is 0 Å². The van der Waals surface area contributed by atoms with E-state index in [1.54, 1.807) is 0 Å². The first kappa shape index (κ1) is 6.55. The second-order valence-corrected chi connectivity index (χ2v) is 2.12. The van der Waals surface area contributed by atoms with Crippen molar-refractivity contribution in [3.8, 4) is 0 Å². The first-order valence-electron chi connectivity index (χ1n) is 3.29. The van der Waals surface area contributed by atoms with Gasteiger partial charge in [-0.1, -0.05) is 0 Å². The zero-order valence-electron chi connectivity index (χ0n) is 5.39. The number of hydrogen-bond donors (Lipinski definition) is 1. The Hall–Kier alpha value is -0.570. The van der Waals surface area contributed by atoms with E-state index in [4.69, 9.17) is 0 Å². The van der Waals surface area contributed by atoms with Crippen LogP contribution in [0, 0.1) is 0 Å². The Morgan fingerprint density at radius 1 is 1.44 bits per heavy atom. The van der Waals surface area contributed by atoms with Crippen LogP contribution in [0.2, 0.25) is 0 Å². The van der Waals surface area contributed by atoms with Crippen LogP contribution in [0.3, 0.4) is 0 Å². The second-order valence-electron chi connectivity index (χ2n) is 2.12. The molecular formula is C6H11N2O. The van der Waals surface area contributed by atoms with E-state index >= 15 is 0 Å². The average Bonchev–Trinajstić information content (AvgIpc) is 1.79. The van der Waals surface area contributed by atoms with E-state index in [1.807, 2.05) is 0 Å². The molecule has 1 heterocycles. The minimum Gasteiger partial charge on any atom is -0.356 e. The summed E-state index contributed by atoms with van der Waals surface area (Å²) < 4.78 is 0. The van der Waals surface area contributed by atoms with E-state index < -0.39 is 0 Å². The number of carbonyl (C=O) groups excluding carboxylic acids is 1. The molecule has 0 aromatic rings. The van der Waals surface area contributed by atoms with E-state index in [1.165, 1.54) is 0 Å². The first-order chi connectivity index (χ1) is 4.39. The fourth-order valence-corrected chi connectivity index (χ4v) is 0.799. The molecule has 0 unspecified atom stereocenters. The predicted molar refractivity (Wildman–Crippen MR) is 34.1 cm³/mol. The average molecular weight is 127 g/mol. The molecule has 1 fully saturated rings. The molecular weight excluding hydrogens is 116 g/mol. The number of hydrogen-bond acceptors (Lipinski definition) is 1. The molecule has 51 valence electrons. The fourth-order valence-electron chi connectivity index (χ4n) is 0.799. The number of rotatable bonds is 0. The van der Waals surface area contributed by atoms with Gasteiger partial charge in [-0.2, -0.15) is 0 Å². The van der Waals surface area contributed by atoms with Gasteiger partial charge >= 0.3 is 0 Å². The molecule has 1 radical (unpaired) electrons. The molecule has 1 aliphatic heterocycles. The molecule has 1 aliphatic rings. The summed E-state index contributed by atoms with van der Waals surface area (Å²) in [5, 5.41) is 6.91. The number of amides is 1. The largest absolute Gasteiger partial charge is 0.356 e. The highest BCUT2D eigenvalue weighted by atomic mass is 16.1. The van der Waals surface area contributed by atoms with Crippen LogP contribution >= 0.6 is 0 Å². The Balaban J connectivity index is 2.20. The molecule has 0 spiro atoms. The van der Waals surface area contributed by atoms with Gasteiger partial charge in [0.05, 0.1) is 0 Å². The van der Waals surface area contributed by atoms with E-state index in [0.29, 0.717) is 13.0 Å². The van der Waals surface area contributed by atoms with Gasteiger partial charge in [0, 0.05) is 26.1 Å². The zero-order chi connectivity index (χ0) is 6.53. The smallest absolute Gasteiger partial charge is 0.221 e. The van der Waals surface area contributed by atoms with Crippen molar-refractivity contribution >= 4 is 5.91 Å². The lowest BCUT2D eigenvalue weighted by atomic mass is 10.3. The lowest BCUT2D eigenvalue weighted by Gasteiger charge is -2.08. The van der Waals surface area contributed by atoms with E-state index in [2.05, 4.69) is 10.6 Å². The Morgan fingerprint density at radius 3 is 3.22 bits per heavy atom. The van der Waals surface area contributed by atoms with Crippen molar-refractivity contribution in [1.29, 1.82) is 0 Å². The Kier molecular flexibility index (Phi) is 2.51. The van der Waals surface area contributed by atoms with Gasteiger partial charge in [0.2, 0.25) is 5.91 Å². The Morgan fingerprint density at radius 2 is 2.33 bits per heavy atom. The van der Waals surface area contributed by atoms with Crippen molar-refractivity contribution < 1.29 is 4.79 Å². The van der Waals surface area contributed by atoms with Crippen LogP contribution in [-0.2, 0) is 4.79 Å². The van der Waals surface area contributed by atoms with Gasteiger partial charge < -0.3 is 5.32 Å². The molecule has 0 saturated carbocycles. The zero-order valence-corrected chi connectivity index (χ0v) is 5.39. The van der Waals surface area contributed by atoms with E-state index in [0.717, 1.165) is 19.5 Å². The highest BCUT2D eigenvalue weighted by Crippen LogP contribution is 1.85. The number of nitrogens with one attached hydrogen (secondary N) is 1. The van der Waals surface area contributed by atoms with Crippen LogP contribution in [0.15, 0.2) is 0 Å². The molecule has 1 saturated heterocycles. The first-order valence-corrected chi connectivity index (χ1v) is 3.29. The van der Waals surface area contributed by atoms with Gasteiger partial charge in [0.15, 0.2) is 0 Å². The molecule has 3 nitrogen and oxygen atoms in total. The Labute approximate surface area is 54.8 Å². The van der Waals surface area contributed by atoms with Gasteiger partial charge in [0.1, 0.15) is 0 Å². The summed E-state index contributed by atoms with van der Waals surface area (Å²) in [6.45, 7) is 2.40. The monoisotopic (exact) mass is 127 g/mol. The van der Waals surface area contributed by atoms with Crippen molar-refractivity contribution in [2.75, 3.05) is 19.6 Å². The van der Waals surface area contributed by atoms with Crippen LogP contribution in [0.25, 0.3) is 0 Å². The highest BCUT2D eigenvalue weighted by molar-refractivity contribution is 5.76. The second kappa shape index (κ2) is 3.45. The predicted octanol–water partition coefficient (Wildman–Crippen LogP) is -0.499. The van der Waals surface area contributed by atoms with E-state index in [-0.39, 0.29) is 5.91 Å². The maximum atomic E-state index is 10.7. The van der Waals surface area contributed by atoms with Gasteiger partial charge in [-0.05, 0) is 6.42 Å². The van der Waals surface area contributed by atoms with Crippen molar-refractivity contribution in [1.82, 2.24) is 10.6 Å². The van der Waals surface area contributed by atoms with Crippen molar-refractivity contribution in [2.45, 2.75) is 12.8 Å². The molecule has 0 bridgehead atoms. The van der Waals surface area contributed by atoms with Crippen molar-refractivity contribution in [2.24, 2.45) is 0 Å². The summed E-state index contributed by atoms with van der Waals surface area (Å²) in [6.07, 6.45) is 1.56. The molecule has 0 aliphatic carbocycles. The third kappa shape index (κ3) is 2.46. The van der Waals surface area contributed by atoms with Crippen LogP contribution in [0.5, 0.6) is 0 Å². The maximum absolute atomic E-state index is 10.7. The Bertz CT molecular complexity index is 93.2. The molecule has 3 heteroatoms. The summed E-state index contributed by atoms with van der Waals surface area (Å²) in [5.74, 6) is 0.137. The normalized spacial score (nSPS) is 22.0. The van der Waals surface area contributed by atoms with Crippen molar-refractivity contribution in [3.05, 3.63) is 0 Å². The van der Waals surface area contributed by atoms with Gasteiger partial charge in [-0.15, -0.1) is 0 Å². The molecule has 0 atom stereocenters. The molecule has 1 N–H and O–H groups in total. The lowest BCUT2D eigenvalue weighted by Crippen LogP contribution is -2.31. The number of carbonyl (C=O) groups is 1. The van der Waals surface area contributed by atoms with Crippen LogP contribution in [-0.4, -0.2) is 25.5 Å². The standard InChI is InChI=1S/C6H11N2O/c9-6-2-5-7-3-1-4-8-6/h1-5H2,(H,8,9). The minimum atomic E-state index is 0.137. The van der Waals surface area contributed by atoms with Crippen molar-refractivity contribution in [3.63, 3.8) is 0 Å². The molecule has 1 amide bonds. The summed E-state index contributed by atoms with van der Waals surface area (Å²) in [4.78, 5) is 10.7. The molecule has 9 heavy (non-hydrogen) atoms.